The van der Waals surface area contributed by atoms with Crippen molar-refractivity contribution >= 4 is 5.91 Å². The van der Waals surface area contributed by atoms with Gasteiger partial charge in [0.25, 0.3) is 5.91 Å². The summed E-state index contributed by atoms with van der Waals surface area (Å²) in [4.78, 5) is 18.0. The van der Waals surface area contributed by atoms with E-state index in [9.17, 15) is 4.79 Å². The van der Waals surface area contributed by atoms with E-state index >= 15 is 0 Å². The number of hydroxylamine groups is 1. The van der Waals surface area contributed by atoms with Gasteiger partial charge in [0.15, 0.2) is 0 Å². The van der Waals surface area contributed by atoms with Gasteiger partial charge in [-0.15, -0.1) is 0 Å². The lowest BCUT2D eigenvalue weighted by molar-refractivity contribution is -0.140. The van der Waals surface area contributed by atoms with Crippen LogP contribution in [0.4, 0.5) is 0 Å². The Morgan fingerprint density at radius 2 is 1.73 bits per heavy atom. The Labute approximate surface area is 132 Å². The summed E-state index contributed by atoms with van der Waals surface area (Å²) in [5, 5.41) is 0. The van der Waals surface area contributed by atoms with Crippen LogP contribution in [0.3, 0.4) is 0 Å². The summed E-state index contributed by atoms with van der Waals surface area (Å²) in [6.07, 6.45) is 0.705. The zero-order valence-corrected chi connectivity index (χ0v) is 13.4. The fourth-order valence-corrected chi connectivity index (χ4v) is 2.37. The van der Waals surface area contributed by atoms with Crippen LogP contribution in [-0.4, -0.2) is 5.91 Å². The average molecular weight is 297 g/mol. The molecule has 0 aliphatic heterocycles. The van der Waals surface area contributed by atoms with Crippen molar-refractivity contribution in [1.29, 1.82) is 0 Å². The van der Waals surface area contributed by atoms with Gasteiger partial charge in [-0.1, -0.05) is 61.5 Å². The predicted molar refractivity (Wildman–Crippen MR) is 88.2 cm³/mol. The summed E-state index contributed by atoms with van der Waals surface area (Å²) in [7, 11) is 0. The van der Waals surface area contributed by atoms with Gasteiger partial charge in [0, 0.05) is 0 Å². The third kappa shape index (κ3) is 3.55. The van der Waals surface area contributed by atoms with Crippen LogP contribution in [0.15, 0.2) is 54.6 Å². The van der Waals surface area contributed by atoms with E-state index < -0.39 is 5.41 Å². The number of benzene rings is 2. The van der Waals surface area contributed by atoms with Gasteiger partial charge in [0.05, 0.1) is 5.41 Å². The molecule has 0 spiro atoms. The van der Waals surface area contributed by atoms with Gasteiger partial charge in [-0.25, -0.2) is 5.48 Å². The minimum absolute atomic E-state index is 0.116. The highest BCUT2D eigenvalue weighted by Gasteiger charge is 2.33. The minimum atomic E-state index is -0.590. The summed E-state index contributed by atoms with van der Waals surface area (Å²) in [5.41, 5.74) is 5.24. The first-order chi connectivity index (χ1) is 10.6. The van der Waals surface area contributed by atoms with Gasteiger partial charge in [-0.3, -0.25) is 9.63 Å². The fraction of sp³-hybridized carbons (Fsp3) is 0.316. The van der Waals surface area contributed by atoms with Crippen molar-refractivity contribution in [3.8, 4) is 0 Å². The number of aryl methyl sites for hydroxylation is 1. The highest BCUT2D eigenvalue weighted by molar-refractivity contribution is 5.86. The predicted octanol–water partition coefficient (Wildman–Crippen LogP) is 3.91. The number of nitrogens with one attached hydrogen (secondary N) is 1. The van der Waals surface area contributed by atoms with Crippen molar-refractivity contribution in [2.45, 2.75) is 39.2 Å². The van der Waals surface area contributed by atoms with Crippen LogP contribution in [0.5, 0.6) is 0 Å². The Balaban J connectivity index is 2.00. The molecule has 0 saturated heterocycles. The second-order valence-electron chi connectivity index (χ2n) is 5.70. The quantitative estimate of drug-likeness (QED) is 0.821. The number of hydrogen-bond donors (Lipinski definition) is 1. The average Bonchev–Trinajstić information content (AvgIpc) is 2.56. The van der Waals surface area contributed by atoms with Crippen LogP contribution in [0.1, 0.15) is 37.0 Å². The second-order valence-corrected chi connectivity index (χ2v) is 5.70. The van der Waals surface area contributed by atoms with Gasteiger partial charge in [0.2, 0.25) is 0 Å². The van der Waals surface area contributed by atoms with Crippen LogP contribution in [0, 0.1) is 6.92 Å². The Morgan fingerprint density at radius 1 is 1.09 bits per heavy atom. The number of amides is 1. The van der Waals surface area contributed by atoms with Crippen LogP contribution in [0.25, 0.3) is 0 Å². The van der Waals surface area contributed by atoms with Crippen LogP contribution in [0.2, 0.25) is 0 Å². The van der Waals surface area contributed by atoms with Crippen molar-refractivity contribution in [3.63, 3.8) is 0 Å². The Hall–Kier alpha value is -2.13. The molecule has 0 bridgehead atoms. The minimum Gasteiger partial charge on any atom is -0.272 e. The molecule has 116 valence electrons. The molecule has 0 fully saturated rings. The van der Waals surface area contributed by atoms with E-state index in [0.717, 1.165) is 16.7 Å². The van der Waals surface area contributed by atoms with E-state index in [1.54, 1.807) is 0 Å². The maximum absolute atomic E-state index is 12.5. The van der Waals surface area contributed by atoms with Gasteiger partial charge < -0.3 is 0 Å². The molecule has 0 heterocycles. The SMILES string of the molecule is CCC(C)(C(=O)NOCc1ccccc1C)c1ccccc1. The lowest BCUT2D eigenvalue weighted by Gasteiger charge is -2.27. The topological polar surface area (TPSA) is 38.3 Å². The van der Waals surface area contributed by atoms with E-state index in [4.69, 9.17) is 4.84 Å². The summed E-state index contributed by atoms with van der Waals surface area (Å²) in [6.45, 7) is 6.34. The van der Waals surface area contributed by atoms with E-state index in [1.807, 2.05) is 75.4 Å². The lowest BCUT2D eigenvalue weighted by Crippen LogP contribution is -2.41. The summed E-state index contributed by atoms with van der Waals surface area (Å²) < 4.78 is 0. The molecule has 1 unspecified atom stereocenters. The molecule has 2 aromatic rings. The van der Waals surface area contributed by atoms with Crippen molar-refractivity contribution in [1.82, 2.24) is 5.48 Å². The molecule has 3 heteroatoms. The van der Waals surface area contributed by atoms with E-state index in [2.05, 4.69) is 5.48 Å². The molecule has 22 heavy (non-hydrogen) atoms. The molecule has 1 N–H and O–H groups in total. The molecular weight excluding hydrogens is 274 g/mol. The van der Waals surface area contributed by atoms with Crippen LogP contribution in [-0.2, 0) is 21.7 Å². The zero-order valence-electron chi connectivity index (χ0n) is 13.4. The zero-order chi connectivity index (χ0) is 16.0. The van der Waals surface area contributed by atoms with Gasteiger partial charge in [0.1, 0.15) is 6.61 Å². The number of carbonyl (C=O) groups excluding carboxylic acids is 1. The van der Waals surface area contributed by atoms with Gasteiger partial charge in [-0.2, -0.15) is 0 Å². The first-order valence-corrected chi connectivity index (χ1v) is 7.60. The summed E-state index contributed by atoms with van der Waals surface area (Å²) in [6, 6.07) is 17.8. The van der Waals surface area contributed by atoms with E-state index in [1.165, 1.54) is 0 Å². The Kier molecular flexibility index (Phi) is 5.34. The smallest absolute Gasteiger partial charge is 0.253 e. The third-order valence-electron chi connectivity index (χ3n) is 4.27. The monoisotopic (exact) mass is 297 g/mol. The Bertz CT molecular complexity index is 624. The summed E-state index contributed by atoms with van der Waals surface area (Å²) >= 11 is 0. The first-order valence-electron chi connectivity index (χ1n) is 7.60. The van der Waals surface area contributed by atoms with Crippen molar-refractivity contribution in [3.05, 3.63) is 71.3 Å². The van der Waals surface area contributed by atoms with E-state index in [0.29, 0.717) is 13.0 Å². The number of rotatable bonds is 6. The molecule has 2 rings (SSSR count). The summed E-state index contributed by atoms with van der Waals surface area (Å²) in [5.74, 6) is -0.116. The second kappa shape index (κ2) is 7.23. The molecule has 0 saturated carbocycles. The molecule has 0 aliphatic carbocycles. The van der Waals surface area contributed by atoms with E-state index in [-0.39, 0.29) is 5.91 Å². The van der Waals surface area contributed by atoms with Gasteiger partial charge in [-0.05, 0) is 37.0 Å². The molecule has 1 atom stereocenters. The molecule has 2 aromatic carbocycles. The molecule has 1 amide bonds. The van der Waals surface area contributed by atoms with Crippen LogP contribution >= 0.6 is 0 Å². The molecule has 0 radical (unpaired) electrons. The van der Waals surface area contributed by atoms with Crippen LogP contribution < -0.4 is 5.48 Å². The van der Waals surface area contributed by atoms with Crippen molar-refractivity contribution in [2.75, 3.05) is 0 Å². The normalized spacial score (nSPS) is 13.4. The van der Waals surface area contributed by atoms with Crippen molar-refractivity contribution < 1.29 is 9.63 Å². The highest BCUT2D eigenvalue weighted by atomic mass is 16.6. The maximum Gasteiger partial charge on any atom is 0.253 e. The number of carbonyl (C=O) groups is 1. The fourth-order valence-electron chi connectivity index (χ4n) is 2.37. The molecule has 0 aliphatic rings. The standard InChI is InChI=1S/C19H23NO2/c1-4-19(3,17-12-6-5-7-13-17)18(21)20-22-14-16-11-9-8-10-15(16)2/h5-13H,4,14H2,1-3H3,(H,20,21). The molecular formula is C19H23NO2. The lowest BCUT2D eigenvalue weighted by atomic mass is 9.79. The maximum atomic E-state index is 12.5. The van der Waals surface area contributed by atoms with Gasteiger partial charge >= 0.3 is 0 Å². The third-order valence-corrected chi connectivity index (χ3v) is 4.27. The number of hydrogen-bond acceptors (Lipinski definition) is 2. The molecule has 3 nitrogen and oxygen atoms in total. The molecule has 0 aromatic heterocycles. The highest BCUT2D eigenvalue weighted by Crippen LogP contribution is 2.27. The van der Waals surface area contributed by atoms with Crippen molar-refractivity contribution in [2.24, 2.45) is 0 Å². The Morgan fingerprint density at radius 3 is 2.36 bits per heavy atom. The largest absolute Gasteiger partial charge is 0.272 e. The first kappa shape index (κ1) is 16.2.